The van der Waals surface area contributed by atoms with Crippen molar-refractivity contribution in [3.8, 4) is 0 Å². The van der Waals surface area contributed by atoms with Gasteiger partial charge in [0.1, 0.15) is 0 Å². The summed E-state index contributed by atoms with van der Waals surface area (Å²) in [4.78, 5) is 12.0. The van der Waals surface area contributed by atoms with Crippen molar-refractivity contribution in [1.29, 1.82) is 0 Å². The molecule has 0 heterocycles. The van der Waals surface area contributed by atoms with E-state index in [0.717, 1.165) is 32.5 Å². The van der Waals surface area contributed by atoms with E-state index < -0.39 is 0 Å². The zero-order valence-electron chi connectivity index (χ0n) is 11.8. The predicted molar refractivity (Wildman–Crippen MR) is 87.4 cm³/mol. The molecular formula is C16H17BrN2O. The van der Waals surface area contributed by atoms with Crippen LogP contribution in [0.1, 0.15) is 16.7 Å². The first-order chi connectivity index (χ1) is 9.45. The second-order valence-electron chi connectivity index (χ2n) is 4.88. The van der Waals surface area contributed by atoms with Crippen LogP contribution < -0.4 is 10.6 Å². The fourth-order valence-corrected chi connectivity index (χ4v) is 2.46. The number of rotatable bonds is 2. The van der Waals surface area contributed by atoms with Crippen molar-refractivity contribution in [2.75, 3.05) is 10.6 Å². The van der Waals surface area contributed by atoms with Gasteiger partial charge in [0.25, 0.3) is 0 Å². The van der Waals surface area contributed by atoms with Gasteiger partial charge in [-0.05, 0) is 71.6 Å². The van der Waals surface area contributed by atoms with E-state index in [2.05, 4.69) is 26.6 Å². The lowest BCUT2D eigenvalue weighted by Crippen LogP contribution is -2.20. The standard InChI is InChI=1S/C16H17BrN2O/c1-10-5-7-14(13(17)8-10)18-16(20)19-15-9-11(2)4-6-12(15)3/h4-9H,1-3H3,(H2,18,19,20). The summed E-state index contributed by atoms with van der Waals surface area (Å²) in [5, 5.41) is 5.71. The van der Waals surface area contributed by atoms with Gasteiger partial charge in [-0.25, -0.2) is 4.79 Å². The average Bonchev–Trinajstić information content (AvgIpc) is 2.37. The van der Waals surface area contributed by atoms with E-state index in [1.54, 1.807) is 0 Å². The first kappa shape index (κ1) is 14.6. The van der Waals surface area contributed by atoms with Gasteiger partial charge in [0.05, 0.1) is 5.69 Å². The maximum Gasteiger partial charge on any atom is 0.323 e. The Balaban J connectivity index is 2.11. The molecule has 4 heteroatoms. The van der Waals surface area contributed by atoms with Gasteiger partial charge < -0.3 is 10.6 Å². The second-order valence-corrected chi connectivity index (χ2v) is 5.74. The Morgan fingerprint density at radius 2 is 1.50 bits per heavy atom. The molecule has 0 fully saturated rings. The molecule has 2 aromatic carbocycles. The van der Waals surface area contributed by atoms with E-state index in [1.807, 2.05) is 57.2 Å². The molecule has 0 aliphatic heterocycles. The SMILES string of the molecule is Cc1ccc(NC(=O)Nc2cc(C)ccc2C)c(Br)c1. The van der Waals surface area contributed by atoms with Gasteiger partial charge in [-0.2, -0.15) is 0 Å². The fourth-order valence-electron chi connectivity index (χ4n) is 1.87. The minimum atomic E-state index is -0.247. The zero-order chi connectivity index (χ0) is 14.7. The van der Waals surface area contributed by atoms with Crippen molar-refractivity contribution in [3.63, 3.8) is 0 Å². The number of aryl methyl sites for hydroxylation is 3. The van der Waals surface area contributed by atoms with Crippen molar-refractivity contribution >= 4 is 33.3 Å². The molecule has 0 aliphatic rings. The van der Waals surface area contributed by atoms with Crippen LogP contribution in [0.4, 0.5) is 16.2 Å². The predicted octanol–water partition coefficient (Wildman–Crippen LogP) is 5.02. The van der Waals surface area contributed by atoms with Crippen LogP contribution in [0.25, 0.3) is 0 Å². The average molecular weight is 333 g/mol. The minimum absolute atomic E-state index is 0.247. The number of hydrogen-bond acceptors (Lipinski definition) is 1. The Kier molecular flexibility index (Phi) is 4.45. The van der Waals surface area contributed by atoms with Crippen LogP contribution in [0.5, 0.6) is 0 Å². The largest absolute Gasteiger partial charge is 0.323 e. The Bertz CT molecular complexity index is 653. The number of carbonyl (C=O) groups excluding carboxylic acids is 1. The monoisotopic (exact) mass is 332 g/mol. The lowest BCUT2D eigenvalue weighted by molar-refractivity contribution is 0.262. The molecule has 2 rings (SSSR count). The van der Waals surface area contributed by atoms with E-state index >= 15 is 0 Å². The van der Waals surface area contributed by atoms with E-state index in [4.69, 9.17) is 0 Å². The highest BCUT2D eigenvalue weighted by atomic mass is 79.9. The molecule has 3 nitrogen and oxygen atoms in total. The Labute approximate surface area is 127 Å². The molecule has 0 unspecified atom stereocenters. The Hall–Kier alpha value is -1.81. The molecule has 0 radical (unpaired) electrons. The summed E-state index contributed by atoms with van der Waals surface area (Å²) in [7, 11) is 0. The highest BCUT2D eigenvalue weighted by Crippen LogP contribution is 2.24. The number of halogens is 1. The van der Waals surface area contributed by atoms with Crippen molar-refractivity contribution in [2.24, 2.45) is 0 Å². The third kappa shape index (κ3) is 3.61. The van der Waals surface area contributed by atoms with Crippen molar-refractivity contribution in [1.82, 2.24) is 0 Å². The summed E-state index contributed by atoms with van der Waals surface area (Å²) in [5.74, 6) is 0. The molecule has 104 valence electrons. The molecule has 2 N–H and O–H groups in total. The van der Waals surface area contributed by atoms with Crippen molar-refractivity contribution in [2.45, 2.75) is 20.8 Å². The lowest BCUT2D eigenvalue weighted by Gasteiger charge is -2.12. The number of amides is 2. The summed E-state index contributed by atoms with van der Waals surface area (Å²) in [6.45, 7) is 5.97. The van der Waals surface area contributed by atoms with Crippen LogP contribution in [0.2, 0.25) is 0 Å². The van der Waals surface area contributed by atoms with Gasteiger partial charge in [0.2, 0.25) is 0 Å². The van der Waals surface area contributed by atoms with Gasteiger partial charge in [0, 0.05) is 10.2 Å². The maximum absolute atomic E-state index is 12.0. The van der Waals surface area contributed by atoms with Crippen LogP contribution in [-0.2, 0) is 0 Å². The molecule has 0 aliphatic carbocycles. The van der Waals surface area contributed by atoms with E-state index in [-0.39, 0.29) is 6.03 Å². The van der Waals surface area contributed by atoms with Crippen LogP contribution in [0.3, 0.4) is 0 Å². The molecule has 2 amide bonds. The van der Waals surface area contributed by atoms with Gasteiger partial charge in [-0.15, -0.1) is 0 Å². The van der Waals surface area contributed by atoms with Crippen molar-refractivity contribution in [3.05, 3.63) is 57.6 Å². The summed E-state index contributed by atoms with van der Waals surface area (Å²) in [6.07, 6.45) is 0. The zero-order valence-corrected chi connectivity index (χ0v) is 13.3. The molecule has 0 spiro atoms. The first-order valence-corrected chi connectivity index (χ1v) is 7.16. The van der Waals surface area contributed by atoms with Crippen LogP contribution in [0.15, 0.2) is 40.9 Å². The molecule has 0 atom stereocenters. The number of benzene rings is 2. The van der Waals surface area contributed by atoms with Crippen LogP contribution in [0, 0.1) is 20.8 Å². The van der Waals surface area contributed by atoms with Gasteiger partial charge in [0.15, 0.2) is 0 Å². The number of anilines is 2. The quantitative estimate of drug-likeness (QED) is 0.796. The molecule has 0 bridgehead atoms. The second kappa shape index (κ2) is 6.09. The third-order valence-corrected chi connectivity index (χ3v) is 3.67. The summed E-state index contributed by atoms with van der Waals surface area (Å²) in [6, 6.07) is 11.5. The summed E-state index contributed by atoms with van der Waals surface area (Å²) < 4.78 is 0.869. The Morgan fingerprint density at radius 1 is 0.900 bits per heavy atom. The highest BCUT2D eigenvalue weighted by Gasteiger charge is 2.07. The number of hydrogen-bond donors (Lipinski definition) is 2. The van der Waals surface area contributed by atoms with Gasteiger partial charge >= 0.3 is 6.03 Å². The first-order valence-electron chi connectivity index (χ1n) is 6.37. The number of carbonyl (C=O) groups is 1. The smallest absolute Gasteiger partial charge is 0.307 e. The third-order valence-electron chi connectivity index (χ3n) is 3.01. The molecule has 20 heavy (non-hydrogen) atoms. The Morgan fingerprint density at radius 3 is 2.20 bits per heavy atom. The van der Waals surface area contributed by atoms with Crippen LogP contribution >= 0.6 is 15.9 Å². The summed E-state index contributed by atoms with van der Waals surface area (Å²) >= 11 is 3.44. The molecule has 0 aromatic heterocycles. The number of nitrogens with one attached hydrogen (secondary N) is 2. The van der Waals surface area contributed by atoms with Crippen molar-refractivity contribution < 1.29 is 4.79 Å². The fraction of sp³-hybridized carbons (Fsp3) is 0.188. The molecule has 0 saturated carbocycles. The molecular weight excluding hydrogens is 316 g/mol. The van der Waals surface area contributed by atoms with E-state index in [9.17, 15) is 4.79 Å². The minimum Gasteiger partial charge on any atom is -0.307 e. The van der Waals surface area contributed by atoms with E-state index in [1.165, 1.54) is 0 Å². The van der Waals surface area contributed by atoms with Crippen LogP contribution in [-0.4, -0.2) is 6.03 Å². The molecule has 0 saturated heterocycles. The highest BCUT2D eigenvalue weighted by molar-refractivity contribution is 9.10. The topological polar surface area (TPSA) is 41.1 Å². The van der Waals surface area contributed by atoms with E-state index in [0.29, 0.717) is 0 Å². The van der Waals surface area contributed by atoms with Gasteiger partial charge in [-0.3, -0.25) is 0 Å². The van der Waals surface area contributed by atoms with Gasteiger partial charge in [-0.1, -0.05) is 18.2 Å². The maximum atomic E-state index is 12.0. The summed E-state index contributed by atoms with van der Waals surface area (Å²) in [5.41, 5.74) is 4.86. The lowest BCUT2D eigenvalue weighted by atomic mass is 10.1. The molecule has 2 aromatic rings. The number of urea groups is 1. The normalized spacial score (nSPS) is 10.2.